The first-order valence-electron chi connectivity index (χ1n) is 6.32. The molecule has 0 aliphatic rings. The largest absolute Gasteiger partial charge is 0.424 e. The lowest BCUT2D eigenvalue weighted by Gasteiger charge is -2.18. The lowest BCUT2D eigenvalue weighted by molar-refractivity contribution is 0.440. The van der Waals surface area contributed by atoms with Gasteiger partial charge in [0.15, 0.2) is 0 Å². The lowest BCUT2D eigenvalue weighted by Crippen LogP contribution is -2.25. The number of hydrogen-bond donors (Lipinski definition) is 1. The van der Waals surface area contributed by atoms with E-state index in [9.17, 15) is 0 Å². The van der Waals surface area contributed by atoms with Crippen molar-refractivity contribution in [3.05, 3.63) is 28.7 Å². The van der Waals surface area contributed by atoms with Gasteiger partial charge in [0.1, 0.15) is 5.75 Å². The molecule has 2 aromatic rings. The fourth-order valence-corrected chi connectivity index (χ4v) is 1.93. The molecule has 0 aliphatic carbocycles. The molecule has 0 aliphatic heterocycles. The third kappa shape index (κ3) is 3.57. The number of anilines is 2. The molecule has 2 rings (SSSR count). The van der Waals surface area contributed by atoms with Crippen molar-refractivity contribution in [2.45, 2.75) is 13.8 Å². The Morgan fingerprint density at radius 3 is 2.35 bits per heavy atom. The number of halogens is 1. The highest BCUT2D eigenvalue weighted by Crippen LogP contribution is 2.22. The summed E-state index contributed by atoms with van der Waals surface area (Å²) >= 11 is 3.37. The van der Waals surface area contributed by atoms with Gasteiger partial charge in [-0.2, -0.15) is 15.0 Å². The standard InChI is InChI=1S/C13H16BrN5O/c1-3-19(4-2)12-16-11(15)17-13(18-12)20-10-7-5-9(14)6-8-10/h5-8H,3-4H2,1-2H3,(H2,15,16,17,18). The predicted octanol–water partition coefficient (Wildman–Crippen LogP) is 2.85. The van der Waals surface area contributed by atoms with E-state index in [0.717, 1.165) is 17.6 Å². The normalized spacial score (nSPS) is 10.3. The van der Waals surface area contributed by atoms with Gasteiger partial charge >= 0.3 is 6.01 Å². The molecule has 0 fully saturated rings. The highest BCUT2D eigenvalue weighted by molar-refractivity contribution is 9.10. The van der Waals surface area contributed by atoms with Crippen molar-refractivity contribution in [3.63, 3.8) is 0 Å². The lowest BCUT2D eigenvalue weighted by atomic mass is 10.3. The summed E-state index contributed by atoms with van der Waals surface area (Å²) in [5.74, 6) is 1.31. The number of nitrogens with two attached hydrogens (primary N) is 1. The first-order chi connectivity index (χ1) is 9.62. The van der Waals surface area contributed by atoms with Gasteiger partial charge in [-0.05, 0) is 38.1 Å². The number of nitrogen functional groups attached to an aromatic ring is 1. The van der Waals surface area contributed by atoms with Gasteiger partial charge in [0.05, 0.1) is 0 Å². The topological polar surface area (TPSA) is 77.2 Å². The number of aromatic nitrogens is 3. The Morgan fingerprint density at radius 2 is 1.75 bits per heavy atom. The first-order valence-corrected chi connectivity index (χ1v) is 7.11. The fourth-order valence-electron chi connectivity index (χ4n) is 1.66. The molecule has 1 heterocycles. The molecule has 0 unspecified atom stereocenters. The van der Waals surface area contributed by atoms with Crippen LogP contribution >= 0.6 is 15.9 Å². The molecule has 7 heteroatoms. The minimum Gasteiger partial charge on any atom is -0.424 e. The maximum atomic E-state index is 5.71. The zero-order valence-electron chi connectivity index (χ0n) is 11.4. The molecule has 0 saturated heterocycles. The van der Waals surface area contributed by atoms with Crippen LogP contribution in [0.4, 0.5) is 11.9 Å². The average molecular weight is 338 g/mol. The number of rotatable bonds is 5. The highest BCUT2D eigenvalue weighted by atomic mass is 79.9. The smallest absolute Gasteiger partial charge is 0.328 e. The van der Waals surface area contributed by atoms with Crippen molar-refractivity contribution in [1.29, 1.82) is 0 Å². The third-order valence-corrected chi connectivity index (χ3v) is 3.22. The average Bonchev–Trinajstić information content (AvgIpc) is 2.42. The molecular weight excluding hydrogens is 322 g/mol. The van der Waals surface area contributed by atoms with E-state index in [1.807, 2.05) is 43.0 Å². The number of ether oxygens (including phenoxy) is 1. The van der Waals surface area contributed by atoms with E-state index in [1.54, 1.807) is 0 Å². The quantitative estimate of drug-likeness (QED) is 0.903. The minimum atomic E-state index is 0.147. The summed E-state index contributed by atoms with van der Waals surface area (Å²) < 4.78 is 6.58. The number of benzene rings is 1. The predicted molar refractivity (Wildman–Crippen MR) is 82.0 cm³/mol. The van der Waals surface area contributed by atoms with Crippen molar-refractivity contribution in [2.75, 3.05) is 23.7 Å². The van der Waals surface area contributed by atoms with Crippen LogP contribution < -0.4 is 15.4 Å². The molecule has 0 bridgehead atoms. The SMILES string of the molecule is CCN(CC)c1nc(N)nc(Oc2ccc(Br)cc2)n1. The van der Waals surface area contributed by atoms with Crippen LogP contribution in [0.3, 0.4) is 0 Å². The van der Waals surface area contributed by atoms with E-state index in [-0.39, 0.29) is 12.0 Å². The van der Waals surface area contributed by atoms with Crippen molar-refractivity contribution >= 4 is 27.8 Å². The van der Waals surface area contributed by atoms with E-state index in [0.29, 0.717) is 11.7 Å². The Labute approximate surface area is 126 Å². The summed E-state index contributed by atoms with van der Waals surface area (Å²) in [6, 6.07) is 7.60. The molecule has 0 atom stereocenters. The van der Waals surface area contributed by atoms with Crippen molar-refractivity contribution in [2.24, 2.45) is 0 Å². The summed E-state index contributed by atoms with van der Waals surface area (Å²) in [7, 11) is 0. The monoisotopic (exact) mass is 337 g/mol. The van der Waals surface area contributed by atoms with Gasteiger partial charge in [0.25, 0.3) is 0 Å². The summed E-state index contributed by atoms with van der Waals surface area (Å²) in [4.78, 5) is 14.4. The second-order valence-electron chi connectivity index (χ2n) is 4.00. The van der Waals surface area contributed by atoms with Crippen LogP contribution in [-0.2, 0) is 0 Å². The number of hydrogen-bond acceptors (Lipinski definition) is 6. The Balaban J connectivity index is 2.25. The van der Waals surface area contributed by atoms with Crippen LogP contribution in [0, 0.1) is 0 Å². The van der Waals surface area contributed by atoms with E-state index in [1.165, 1.54) is 0 Å². The van der Waals surface area contributed by atoms with Gasteiger partial charge in [-0.1, -0.05) is 15.9 Å². The highest BCUT2D eigenvalue weighted by Gasteiger charge is 2.11. The van der Waals surface area contributed by atoms with Gasteiger partial charge in [0, 0.05) is 17.6 Å². The Morgan fingerprint density at radius 1 is 1.10 bits per heavy atom. The molecule has 2 N–H and O–H groups in total. The van der Waals surface area contributed by atoms with Gasteiger partial charge < -0.3 is 15.4 Å². The van der Waals surface area contributed by atoms with Crippen LogP contribution in [0.1, 0.15) is 13.8 Å². The molecule has 106 valence electrons. The van der Waals surface area contributed by atoms with Gasteiger partial charge in [-0.25, -0.2) is 0 Å². The summed E-state index contributed by atoms with van der Waals surface area (Å²) in [5.41, 5.74) is 5.71. The second kappa shape index (κ2) is 6.51. The molecule has 1 aromatic heterocycles. The van der Waals surface area contributed by atoms with Crippen LogP contribution in [0.15, 0.2) is 28.7 Å². The number of nitrogens with zero attached hydrogens (tertiary/aromatic N) is 4. The van der Waals surface area contributed by atoms with Gasteiger partial charge in [-0.3, -0.25) is 0 Å². The first kappa shape index (κ1) is 14.5. The van der Waals surface area contributed by atoms with Crippen LogP contribution in [0.25, 0.3) is 0 Å². The van der Waals surface area contributed by atoms with Crippen molar-refractivity contribution in [3.8, 4) is 11.8 Å². The van der Waals surface area contributed by atoms with Crippen LogP contribution in [-0.4, -0.2) is 28.0 Å². The Kier molecular flexibility index (Phi) is 4.73. The van der Waals surface area contributed by atoms with E-state index < -0.39 is 0 Å². The zero-order valence-corrected chi connectivity index (χ0v) is 13.0. The maximum absolute atomic E-state index is 5.71. The molecule has 0 amide bonds. The molecule has 0 saturated carbocycles. The summed E-state index contributed by atoms with van der Waals surface area (Å²) in [5, 5.41) is 0. The van der Waals surface area contributed by atoms with Gasteiger partial charge in [0.2, 0.25) is 11.9 Å². The molecule has 6 nitrogen and oxygen atoms in total. The maximum Gasteiger partial charge on any atom is 0.328 e. The molecule has 0 radical (unpaired) electrons. The molecule has 1 aromatic carbocycles. The van der Waals surface area contributed by atoms with E-state index >= 15 is 0 Å². The fraction of sp³-hybridized carbons (Fsp3) is 0.308. The van der Waals surface area contributed by atoms with Crippen LogP contribution in [0.2, 0.25) is 0 Å². The van der Waals surface area contributed by atoms with Crippen LogP contribution in [0.5, 0.6) is 11.8 Å². The Hall–Kier alpha value is -1.89. The molecule has 20 heavy (non-hydrogen) atoms. The van der Waals surface area contributed by atoms with Gasteiger partial charge in [-0.15, -0.1) is 0 Å². The Bertz CT molecular complexity index is 571. The molecular formula is C13H16BrN5O. The van der Waals surface area contributed by atoms with Crippen molar-refractivity contribution in [1.82, 2.24) is 15.0 Å². The second-order valence-corrected chi connectivity index (χ2v) is 4.92. The van der Waals surface area contributed by atoms with E-state index in [4.69, 9.17) is 10.5 Å². The van der Waals surface area contributed by atoms with E-state index in [2.05, 4.69) is 30.9 Å². The summed E-state index contributed by atoms with van der Waals surface area (Å²) in [6.07, 6.45) is 0. The van der Waals surface area contributed by atoms with Crippen molar-refractivity contribution < 1.29 is 4.74 Å². The molecule has 0 spiro atoms. The minimum absolute atomic E-state index is 0.147. The summed E-state index contributed by atoms with van der Waals surface area (Å²) in [6.45, 7) is 5.63. The third-order valence-electron chi connectivity index (χ3n) is 2.69. The zero-order chi connectivity index (χ0) is 14.5.